The van der Waals surface area contributed by atoms with Crippen molar-refractivity contribution < 1.29 is 19.1 Å². The Morgan fingerprint density at radius 1 is 1.12 bits per heavy atom. The van der Waals surface area contributed by atoms with Crippen molar-refractivity contribution in [2.45, 2.75) is 90.0 Å². The summed E-state index contributed by atoms with van der Waals surface area (Å²) in [6, 6.07) is -0.620. The minimum atomic E-state index is -0.620. The third-order valence-electron chi connectivity index (χ3n) is 4.49. The minimum absolute atomic E-state index is 0.0593. The van der Waals surface area contributed by atoms with Gasteiger partial charge >= 0.3 is 5.97 Å². The van der Waals surface area contributed by atoms with E-state index in [9.17, 15) is 14.4 Å². The molecule has 0 bridgehead atoms. The molecular formula is C18H31IN2O4. The number of cyclic esters (lactones) is 1. The van der Waals surface area contributed by atoms with Gasteiger partial charge < -0.3 is 4.74 Å². The summed E-state index contributed by atoms with van der Waals surface area (Å²) in [5.74, 6) is -0.834. The molecular weight excluding hydrogens is 435 g/mol. The maximum absolute atomic E-state index is 12.2. The van der Waals surface area contributed by atoms with Gasteiger partial charge in [0.25, 0.3) is 0 Å². The van der Waals surface area contributed by atoms with Crippen LogP contribution in [0, 0.1) is 0 Å². The SMILES string of the molecule is CCCCCCCCCCCC(=O)CC(=O)N(NI)C1CCOC1=O. The summed E-state index contributed by atoms with van der Waals surface area (Å²) in [5, 5.41) is 1.23. The van der Waals surface area contributed by atoms with E-state index in [1.807, 2.05) is 0 Å². The van der Waals surface area contributed by atoms with Gasteiger partial charge in [0.15, 0.2) is 0 Å². The number of carbonyl (C=O) groups is 3. The molecule has 25 heavy (non-hydrogen) atoms. The van der Waals surface area contributed by atoms with E-state index in [1.54, 1.807) is 22.9 Å². The van der Waals surface area contributed by atoms with Crippen molar-refractivity contribution in [3.8, 4) is 0 Å². The highest BCUT2D eigenvalue weighted by molar-refractivity contribution is 14.1. The van der Waals surface area contributed by atoms with Crippen LogP contribution in [0.1, 0.15) is 84.0 Å². The summed E-state index contributed by atoms with van der Waals surface area (Å²) in [6.45, 7) is 2.54. The van der Waals surface area contributed by atoms with Crippen LogP contribution in [0.15, 0.2) is 0 Å². The highest BCUT2D eigenvalue weighted by Gasteiger charge is 2.35. The van der Waals surface area contributed by atoms with Crippen LogP contribution in [0.3, 0.4) is 0 Å². The number of unbranched alkanes of at least 4 members (excludes halogenated alkanes) is 8. The van der Waals surface area contributed by atoms with Gasteiger partial charge in [-0.1, -0.05) is 58.3 Å². The molecule has 6 nitrogen and oxygen atoms in total. The summed E-state index contributed by atoms with van der Waals surface area (Å²) in [4.78, 5) is 35.8. The van der Waals surface area contributed by atoms with Crippen LogP contribution in [-0.4, -0.2) is 35.3 Å². The maximum Gasteiger partial charge on any atom is 0.330 e. The number of ether oxygens (including phenoxy) is 1. The fourth-order valence-corrected chi connectivity index (χ4v) is 3.58. The standard InChI is InChI=1S/C18H31IN2O4/c1-2-3-4-5-6-7-8-9-10-11-15(22)14-17(23)21(20-19)16-12-13-25-18(16)24/h16,20H,2-14H2,1H3. The minimum Gasteiger partial charge on any atom is -0.464 e. The number of esters is 1. The van der Waals surface area contributed by atoms with Gasteiger partial charge in [-0.3, -0.25) is 14.6 Å². The zero-order valence-electron chi connectivity index (χ0n) is 15.2. The molecule has 0 spiro atoms. The summed E-state index contributed by atoms with van der Waals surface area (Å²) in [5.41, 5.74) is 0. The normalized spacial score (nSPS) is 16.7. The fraction of sp³-hybridized carbons (Fsp3) is 0.833. The Balaban J connectivity index is 2.12. The lowest BCUT2D eigenvalue weighted by atomic mass is 10.0. The highest BCUT2D eigenvalue weighted by Crippen LogP contribution is 2.15. The van der Waals surface area contributed by atoms with Gasteiger partial charge in [0, 0.05) is 35.7 Å². The lowest BCUT2D eigenvalue weighted by molar-refractivity contribution is -0.150. The molecule has 1 N–H and O–H groups in total. The first kappa shape index (κ1) is 22.3. The molecule has 144 valence electrons. The molecule has 1 rings (SSSR count). The van der Waals surface area contributed by atoms with E-state index in [0.717, 1.165) is 19.3 Å². The van der Waals surface area contributed by atoms with Crippen molar-refractivity contribution in [2.24, 2.45) is 0 Å². The van der Waals surface area contributed by atoms with Crippen LogP contribution >= 0.6 is 22.9 Å². The van der Waals surface area contributed by atoms with Crippen LogP contribution in [0.4, 0.5) is 0 Å². The number of nitrogens with one attached hydrogen (secondary N) is 1. The molecule has 0 aromatic carbocycles. The Kier molecular flexibility index (Phi) is 12.1. The number of hydrogen-bond donors (Lipinski definition) is 1. The molecule has 7 heteroatoms. The summed E-state index contributed by atoms with van der Waals surface area (Å²) in [7, 11) is 0. The quantitative estimate of drug-likeness (QED) is 0.105. The van der Waals surface area contributed by atoms with Gasteiger partial charge in [-0.15, -0.1) is 0 Å². The van der Waals surface area contributed by atoms with E-state index >= 15 is 0 Å². The predicted octanol–water partition coefficient (Wildman–Crippen LogP) is 3.87. The van der Waals surface area contributed by atoms with E-state index in [4.69, 9.17) is 4.74 Å². The third-order valence-corrected chi connectivity index (χ3v) is 5.01. The van der Waals surface area contributed by atoms with Crippen molar-refractivity contribution in [3.05, 3.63) is 0 Å². The molecule has 1 atom stereocenters. The van der Waals surface area contributed by atoms with E-state index < -0.39 is 12.0 Å². The number of hydrazine groups is 1. The smallest absolute Gasteiger partial charge is 0.330 e. The van der Waals surface area contributed by atoms with Gasteiger partial charge in [-0.25, -0.2) is 4.79 Å². The van der Waals surface area contributed by atoms with Crippen LogP contribution in [0.25, 0.3) is 0 Å². The molecule has 1 aliphatic rings. The van der Waals surface area contributed by atoms with Crippen molar-refractivity contribution in [3.63, 3.8) is 0 Å². The number of hydrogen-bond acceptors (Lipinski definition) is 5. The lowest BCUT2D eigenvalue weighted by Gasteiger charge is -2.23. The van der Waals surface area contributed by atoms with E-state index in [1.165, 1.54) is 43.5 Å². The van der Waals surface area contributed by atoms with Crippen molar-refractivity contribution in [2.75, 3.05) is 6.61 Å². The first-order valence-corrected chi connectivity index (χ1v) is 10.5. The molecule has 1 fully saturated rings. The molecule has 0 radical (unpaired) electrons. The number of amides is 1. The van der Waals surface area contributed by atoms with Gasteiger partial charge in [-0.2, -0.15) is 3.64 Å². The van der Waals surface area contributed by atoms with Gasteiger partial charge in [-0.05, 0) is 6.42 Å². The number of carbonyl (C=O) groups excluding carboxylic acids is 3. The van der Waals surface area contributed by atoms with Crippen LogP contribution < -0.4 is 3.64 Å². The molecule has 0 saturated carbocycles. The molecule has 1 aliphatic heterocycles. The van der Waals surface area contributed by atoms with Gasteiger partial charge in [0.05, 0.1) is 13.0 Å². The van der Waals surface area contributed by atoms with E-state index in [2.05, 4.69) is 10.6 Å². The van der Waals surface area contributed by atoms with E-state index in [0.29, 0.717) is 19.4 Å². The molecule has 0 aromatic rings. The Hall–Kier alpha value is -0.700. The fourth-order valence-electron chi connectivity index (χ4n) is 2.97. The number of rotatable bonds is 14. The monoisotopic (exact) mass is 466 g/mol. The Labute approximate surface area is 164 Å². The second-order valence-electron chi connectivity index (χ2n) is 6.61. The molecule has 1 saturated heterocycles. The number of ketones is 1. The molecule has 1 amide bonds. The van der Waals surface area contributed by atoms with E-state index in [-0.39, 0.29) is 18.1 Å². The molecule has 0 aromatic heterocycles. The van der Waals surface area contributed by atoms with Crippen LogP contribution in [-0.2, 0) is 19.1 Å². The molecule has 1 unspecified atom stereocenters. The average molecular weight is 466 g/mol. The number of nitrogens with zero attached hydrogens (tertiary/aromatic N) is 1. The Morgan fingerprint density at radius 2 is 1.72 bits per heavy atom. The lowest BCUT2D eigenvalue weighted by Crippen LogP contribution is -2.48. The van der Waals surface area contributed by atoms with Crippen molar-refractivity contribution in [1.29, 1.82) is 0 Å². The summed E-state index contributed by atoms with van der Waals surface area (Å²) >= 11 is 1.80. The molecule has 0 aliphatic carbocycles. The highest BCUT2D eigenvalue weighted by atomic mass is 127. The van der Waals surface area contributed by atoms with Crippen molar-refractivity contribution >= 4 is 40.5 Å². The topological polar surface area (TPSA) is 75.7 Å². The zero-order chi connectivity index (χ0) is 18.5. The Bertz CT molecular complexity index is 431. The maximum atomic E-state index is 12.2. The second-order valence-corrected chi connectivity index (χ2v) is 7.10. The Morgan fingerprint density at radius 3 is 2.24 bits per heavy atom. The van der Waals surface area contributed by atoms with Gasteiger partial charge in [0.2, 0.25) is 5.91 Å². The predicted molar refractivity (Wildman–Crippen MR) is 105 cm³/mol. The van der Waals surface area contributed by atoms with Gasteiger partial charge in [0.1, 0.15) is 11.8 Å². The zero-order valence-corrected chi connectivity index (χ0v) is 17.4. The average Bonchev–Trinajstić information content (AvgIpc) is 3.00. The third kappa shape index (κ3) is 8.99. The van der Waals surface area contributed by atoms with Crippen molar-refractivity contribution in [1.82, 2.24) is 8.65 Å². The molecule has 1 heterocycles. The van der Waals surface area contributed by atoms with Crippen LogP contribution in [0.2, 0.25) is 0 Å². The first-order valence-electron chi connectivity index (χ1n) is 9.46. The summed E-state index contributed by atoms with van der Waals surface area (Å²) < 4.78 is 7.56. The largest absolute Gasteiger partial charge is 0.464 e. The van der Waals surface area contributed by atoms with Crippen LogP contribution in [0.5, 0.6) is 0 Å². The summed E-state index contributed by atoms with van der Waals surface area (Å²) in [6.07, 6.45) is 11.5. The number of Topliss-reactive ketones (excluding diaryl/α,β-unsaturated/α-hetero) is 1. The first-order chi connectivity index (χ1) is 12.1. The number of halogens is 1. The second kappa shape index (κ2) is 13.5.